The van der Waals surface area contributed by atoms with Crippen LogP contribution in [0.1, 0.15) is 18.7 Å². The van der Waals surface area contributed by atoms with Crippen molar-refractivity contribution in [1.82, 2.24) is 9.97 Å². The topological polar surface area (TPSA) is 96.5 Å². The second-order valence-electron chi connectivity index (χ2n) is 7.46. The number of hydrogen-bond donors (Lipinski definition) is 2. The molecule has 32 heavy (non-hydrogen) atoms. The van der Waals surface area contributed by atoms with Crippen LogP contribution in [0.15, 0.2) is 53.4 Å². The number of methoxy groups -OCH3 is 1. The Labute approximate surface area is 186 Å². The number of nitrogens with one attached hydrogen (secondary N) is 2. The molecular formula is C22H24FN5O3S. The van der Waals surface area contributed by atoms with E-state index in [1.165, 1.54) is 13.2 Å². The monoisotopic (exact) mass is 457 g/mol. The van der Waals surface area contributed by atoms with E-state index < -0.39 is 15.8 Å². The molecule has 1 aliphatic rings. The highest BCUT2D eigenvalue weighted by Crippen LogP contribution is 2.28. The van der Waals surface area contributed by atoms with Gasteiger partial charge in [0, 0.05) is 30.5 Å². The number of aromatic nitrogens is 2. The Balaban J connectivity index is 1.50. The van der Waals surface area contributed by atoms with Crippen molar-refractivity contribution in [2.75, 3.05) is 35.1 Å². The summed E-state index contributed by atoms with van der Waals surface area (Å²) in [5.41, 5.74) is 1.07. The molecule has 0 saturated carbocycles. The zero-order valence-electron chi connectivity index (χ0n) is 17.8. The molecule has 168 valence electrons. The van der Waals surface area contributed by atoms with Gasteiger partial charge < -0.3 is 15.0 Å². The summed E-state index contributed by atoms with van der Waals surface area (Å²) in [6, 6.07) is 11.9. The maximum Gasteiger partial charge on any atom is 0.265 e. The molecule has 1 aromatic heterocycles. The molecule has 0 unspecified atom stereocenters. The van der Waals surface area contributed by atoms with Crippen LogP contribution in [0.2, 0.25) is 0 Å². The van der Waals surface area contributed by atoms with Crippen molar-refractivity contribution < 1.29 is 17.5 Å². The Morgan fingerprint density at radius 1 is 1.00 bits per heavy atom. The van der Waals surface area contributed by atoms with Gasteiger partial charge in [0.1, 0.15) is 33.9 Å². The Kier molecular flexibility index (Phi) is 6.13. The number of hydrogen-bond acceptors (Lipinski definition) is 7. The molecule has 1 fully saturated rings. The molecule has 0 amide bonds. The Bertz CT molecular complexity index is 1210. The molecule has 2 N–H and O–H groups in total. The molecule has 3 aromatic rings. The van der Waals surface area contributed by atoms with Gasteiger partial charge in [-0.25, -0.2) is 22.8 Å². The minimum Gasteiger partial charge on any atom is -0.495 e. The average molecular weight is 458 g/mol. The third-order valence-electron chi connectivity index (χ3n) is 5.08. The predicted molar refractivity (Wildman–Crippen MR) is 122 cm³/mol. The molecule has 4 rings (SSSR count). The van der Waals surface area contributed by atoms with E-state index in [2.05, 4.69) is 24.9 Å². The van der Waals surface area contributed by atoms with E-state index in [0.29, 0.717) is 17.3 Å². The van der Waals surface area contributed by atoms with Crippen LogP contribution in [0.25, 0.3) is 0 Å². The fourth-order valence-corrected chi connectivity index (χ4v) is 4.80. The Morgan fingerprint density at radius 2 is 1.69 bits per heavy atom. The third kappa shape index (κ3) is 4.91. The molecule has 0 spiro atoms. The number of aryl methyl sites for hydroxylation is 1. The van der Waals surface area contributed by atoms with E-state index in [4.69, 9.17) is 4.74 Å². The Hall–Kier alpha value is -3.40. The standard InChI is InChI=1S/C22H24FN5O3S/c1-15-24-21(14-22(25-15)28-11-3-4-12-28)26-17-6-8-18(9-7-17)27-32(29,30)20-13-16(23)5-10-19(20)31-2/h5-10,13-14,27H,3-4,11-12H2,1-2H3,(H,24,25,26). The molecule has 0 bridgehead atoms. The lowest BCUT2D eigenvalue weighted by Gasteiger charge is -2.18. The first kappa shape index (κ1) is 21.8. The third-order valence-corrected chi connectivity index (χ3v) is 6.48. The van der Waals surface area contributed by atoms with Crippen molar-refractivity contribution in [2.24, 2.45) is 0 Å². The summed E-state index contributed by atoms with van der Waals surface area (Å²) >= 11 is 0. The molecular weight excluding hydrogens is 433 g/mol. The van der Waals surface area contributed by atoms with Gasteiger partial charge in [0.2, 0.25) is 0 Å². The molecule has 1 saturated heterocycles. The SMILES string of the molecule is COc1ccc(F)cc1S(=O)(=O)Nc1ccc(Nc2cc(N3CCCC3)nc(C)n2)cc1. The molecule has 10 heteroatoms. The van der Waals surface area contributed by atoms with Crippen LogP contribution in [0.5, 0.6) is 5.75 Å². The number of sulfonamides is 1. The zero-order valence-corrected chi connectivity index (χ0v) is 18.6. The van der Waals surface area contributed by atoms with E-state index in [-0.39, 0.29) is 10.6 Å². The van der Waals surface area contributed by atoms with Gasteiger partial charge in [-0.15, -0.1) is 0 Å². The smallest absolute Gasteiger partial charge is 0.265 e. The first-order chi connectivity index (χ1) is 15.3. The number of rotatable bonds is 7. The van der Waals surface area contributed by atoms with E-state index in [1.807, 2.05) is 13.0 Å². The summed E-state index contributed by atoms with van der Waals surface area (Å²) in [7, 11) is -2.70. The quantitative estimate of drug-likeness (QED) is 0.552. The fraction of sp³-hybridized carbons (Fsp3) is 0.273. The summed E-state index contributed by atoms with van der Waals surface area (Å²) in [6.45, 7) is 3.82. The largest absolute Gasteiger partial charge is 0.495 e. The number of halogens is 1. The molecule has 2 aromatic carbocycles. The zero-order chi connectivity index (χ0) is 22.7. The minimum atomic E-state index is -4.03. The van der Waals surface area contributed by atoms with Crippen molar-refractivity contribution in [2.45, 2.75) is 24.7 Å². The summed E-state index contributed by atoms with van der Waals surface area (Å²) in [5, 5.41) is 3.23. The number of ether oxygens (including phenoxy) is 1. The summed E-state index contributed by atoms with van der Waals surface area (Å²) < 4.78 is 46.5. The lowest BCUT2D eigenvalue weighted by atomic mass is 10.3. The van der Waals surface area contributed by atoms with Gasteiger partial charge in [-0.3, -0.25) is 4.72 Å². The highest BCUT2D eigenvalue weighted by molar-refractivity contribution is 7.92. The molecule has 0 atom stereocenters. The fourth-order valence-electron chi connectivity index (χ4n) is 3.56. The minimum absolute atomic E-state index is 0.0603. The van der Waals surface area contributed by atoms with Crippen molar-refractivity contribution in [3.8, 4) is 5.75 Å². The molecule has 8 nitrogen and oxygen atoms in total. The number of anilines is 4. The maximum absolute atomic E-state index is 13.6. The lowest BCUT2D eigenvalue weighted by Crippen LogP contribution is -2.19. The molecule has 0 radical (unpaired) electrons. The van der Waals surface area contributed by atoms with Crippen molar-refractivity contribution >= 4 is 33.0 Å². The van der Waals surface area contributed by atoms with Crippen LogP contribution >= 0.6 is 0 Å². The molecule has 0 aliphatic carbocycles. The average Bonchev–Trinajstić information content (AvgIpc) is 3.30. The van der Waals surface area contributed by atoms with Gasteiger partial charge in [-0.05, 0) is 62.2 Å². The summed E-state index contributed by atoms with van der Waals surface area (Å²) in [6.07, 6.45) is 2.31. The van der Waals surface area contributed by atoms with E-state index in [9.17, 15) is 12.8 Å². The first-order valence-corrected chi connectivity index (χ1v) is 11.7. The number of benzene rings is 2. The van der Waals surface area contributed by atoms with Crippen LogP contribution in [0.4, 0.5) is 27.4 Å². The second-order valence-corrected chi connectivity index (χ2v) is 9.11. The Morgan fingerprint density at radius 3 is 2.38 bits per heavy atom. The van der Waals surface area contributed by atoms with Gasteiger partial charge in [0.25, 0.3) is 10.0 Å². The summed E-state index contributed by atoms with van der Waals surface area (Å²) in [4.78, 5) is 10.9. The van der Waals surface area contributed by atoms with Crippen molar-refractivity contribution in [3.05, 3.63) is 60.2 Å². The lowest BCUT2D eigenvalue weighted by molar-refractivity contribution is 0.401. The maximum atomic E-state index is 13.6. The van der Waals surface area contributed by atoms with E-state index in [0.717, 1.165) is 49.6 Å². The van der Waals surface area contributed by atoms with Gasteiger partial charge in [0.05, 0.1) is 7.11 Å². The highest BCUT2D eigenvalue weighted by Gasteiger charge is 2.21. The van der Waals surface area contributed by atoms with Crippen LogP contribution in [0, 0.1) is 12.7 Å². The van der Waals surface area contributed by atoms with Gasteiger partial charge in [-0.2, -0.15) is 0 Å². The number of nitrogens with zero attached hydrogens (tertiary/aromatic N) is 3. The van der Waals surface area contributed by atoms with Crippen molar-refractivity contribution in [3.63, 3.8) is 0 Å². The van der Waals surface area contributed by atoms with Crippen LogP contribution in [-0.2, 0) is 10.0 Å². The van der Waals surface area contributed by atoms with Crippen LogP contribution in [-0.4, -0.2) is 38.6 Å². The normalized spacial score (nSPS) is 13.8. The molecule has 1 aliphatic heterocycles. The highest BCUT2D eigenvalue weighted by atomic mass is 32.2. The van der Waals surface area contributed by atoms with Gasteiger partial charge >= 0.3 is 0 Å². The first-order valence-electron chi connectivity index (χ1n) is 10.2. The van der Waals surface area contributed by atoms with E-state index >= 15 is 0 Å². The van der Waals surface area contributed by atoms with Crippen molar-refractivity contribution in [1.29, 1.82) is 0 Å². The van der Waals surface area contributed by atoms with Gasteiger partial charge in [-0.1, -0.05) is 0 Å². The predicted octanol–water partition coefficient (Wildman–Crippen LogP) is 4.08. The van der Waals surface area contributed by atoms with E-state index in [1.54, 1.807) is 24.3 Å². The molecule has 2 heterocycles. The van der Waals surface area contributed by atoms with Crippen LogP contribution < -0.4 is 19.7 Å². The summed E-state index contributed by atoms with van der Waals surface area (Å²) in [5.74, 6) is 1.62. The van der Waals surface area contributed by atoms with Gasteiger partial charge in [0.15, 0.2) is 0 Å². The van der Waals surface area contributed by atoms with Crippen LogP contribution in [0.3, 0.4) is 0 Å². The second kappa shape index (κ2) is 8.99.